The summed E-state index contributed by atoms with van der Waals surface area (Å²) in [6, 6.07) is 5.50. The zero-order chi connectivity index (χ0) is 12.8. The summed E-state index contributed by atoms with van der Waals surface area (Å²) in [6.45, 7) is 11.1. The van der Waals surface area contributed by atoms with Gasteiger partial charge in [0.2, 0.25) is 0 Å². The van der Waals surface area contributed by atoms with Crippen molar-refractivity contribution in [2.75, 3.05) is 13.6 Å². The maximum absolute atomic E-state index is 3.55. The van der Waals surface area contributed by atoms with Gasteiger partial charge in [-0.05, 0) is 24.4 Å². The molecule has 0 fully saturated rings. The lowest BCUT2D eigenvalue weighted by molar-refractivity contribution is 0.178. The number of hydrogen-bond acceptors (Lipinski definition) is 3. The van der Waals surface area contributed by atoms with Crippen molar-refractivity contribution in [3.05, 3.63) is 22.4 Å². The van der Waals surface area contributed by atoms with Crippen LogP contribution in [0.5, 0.6) is 0 Å². The molecule has 0 amide bonds. The van der Waals surface area contributed by atoms with Gasteiger partial charge in [-0.15, -0.1) is 11.3 Å². The van der Waals surface area contributed by atoms with E-state index in [1.165, 1.54) is 4.88 Å². The summed E-state index contributed by atoms with van der Waals surface area (Å²) < 4.78 is 0. The third-order valence-electron chi connectivity index (χ3n) is 3.06. The molecule has 1 aromatic rings. The molecule has 2 nitrogen and oxygen atoms in total. The second kappa shape index (κ2) is 7.14. The van der Waals surface area contributed by atoms with Gasteiger partial charge in [-0.2, -0.15) is 0 Å². The fourth-order valence-electron chi connectivity index (χ4n) is 2.02. The molecule has 0 aromatic carbocycles. The molecule has 1 rings (SSSR count). The van der Waals surface area contributed by atoms with Crippen LogP contribution in [-0.4, -0.2) is 30.6 Å². The Labute approximate surface area is 110 Å². The van der Waals surface area contributed by atoms with Gasteiger partial charge in [-0.3, -0.25) is 4.90 Å². The zero-order valence-corrected chi connectivity index (χ0v) is 12.6. The third-order valence-corrected chi connectivity index (χ3v) is 3.92. The highest BCUT2D eigenvalue weighted by molar-refractivity contribution is 7.09. The van der Waals surface area contributed by atoms with Crippen molar-refractivity contribution in [3.8, 4) is 0 Å². The normalized spacial score (nSPS) is 13.9. The van der Waals surface area contributed by atoms with Crippen LogP contribution in [0.4, 0.5) is 0 Å². The van der Waals surface area contributed by atoms with Crippen LogP contribution in [0.25, 0.3) is 0 Å². The van der Waals surface area contributed by atoms with E-state index in [1.54, 1.807) is 0 Å². The Balaban J connectivity index is 2.51. The fraction of sp³-hybridized carbons (Fsp3) is 0.714. The van der Waals surface area contributed by atoms with E-state index in [-0.39, 0.29) is 0 Å². The van der Waals surface area contributed by atoms with Gasteiger partial charge in [0.05, 0.1) is 0 Å². The topological polar surface area (TPSA) is 15.3 Å². The summed E-state index contributed by atoms with van der Waals surface area (Å²) in [5, 5.41) is 5.70. The summed E-state index contributed by atoms with van der Waals surface area (Å²) in [5.41, 5.74) is 0. The Morgan fingerprint density at radius 2 is 2.00 bits per heavy atom. The molecule has 1 unspecified atom stereocenters. The van der Waals surface area contributed by atoms with Crippen LogP contribution in [0.15, 0.2) is 17.5 Å². The van der Waals surface area contributed by atoms with Crippen molar-refractivity contribution in [1.82, 2.24) is 10.2 Å². The van der Waals surface area contributed by atoms with E-state index in [2.05, 4.69) is 62.5 Å². The number of likely N-dealkylation sites (N-methyl/N-ethyl adjacent to an activating group) is 1. The van der Waals surface area contributed by atoms with E-state index in [0.717, 1.165) is 13.1 Å². The number of nitrogens with one attached hydrogen (secondary N) is 1. The van der Waals surface area contributed by atoms with Crippen molar-refractivity contribution >= 4 is 11.3 Å². The smallest absolute Gasteiger partial charge is 0.0328 e. The Kier molecular flexibility index (Phi) is 6.17. The lowest BCUT2D eigenvalue weighted by atomic mass is 10.0. The van der Waals surface area contributed by atoms with Crippen LogP contribution in [0.1, 0.15) is 32.6 Å². The first-order valence-corrected chi connectivity index (χ1v) is 7.34. The summed E-state index contributed by atoms with van der Waals surface area (Å²) >= 11 is 1.84. The average Bonchev–Trinajstić information content (AvgIpc) is 2.69. The first-order chi connectivity index (χ1) is 8.00. The molecule has 0 aliphatic rings. The zero-order valence-electron chi connectivity index (χ0n) is 11.7. The maximum atomic E-state index is 3.55. The number of nitrogens with zero attached hydrogens (tertiary/aromatic N) is 1. The molecule has 3 heteroatoms. The van der Waals surface area contributed by atoms with Crippen LogP contribution in [0.2, 0.25) is 0 Å². The molecule has 0 radical (unpaired) electrons. The van der Waals surface area contributed by atoms with Crippen LogP contribution in [0.3, 0.4) is 0 Å². The van der Waals surface area contributed by atoms with Gasteiger partial charge in [-0.25, -0.2) is 0 Å². The molecule has 17 heavy (non-hydrogen) atoms. The Hall–Kier alpha value is -0.380. The highest BCUT2D eigenvalue weighted by atomic mass is 32.1. The largest absolute Gasteiger partial charge is 0.313 e. The van der Waals surface area contributed by atoms with Crippen molar-refractivity contribution in [1.29, 1.82) is 0 Å². The molecule has 98 valence electrons. The van der Waals surface area contributed by atoms with Crippen molar-refractivity contribution in [2.45, 2.75) is 46.3 Å². The average molecular weight is 254 g/mol. The molecule has 0 saturated carbocycles. The highest BCUT2D eigenvalue weighted by Gasteiger charge is 2.19. The fourth-order valence-corrected chi connectivity index (χ4v) is 2.79. The van der Waals surface area contributed by atoms with Gasteiger partial charge < -0.3 is 5.32 Å². The summed E-state index contributed by atoms with van der Waals surface area (Å²) in [5.74, 6) is 0.672. The van der Waals surface area contributed by atoms with E-state index in [9.17, 15) is 0 Å². The summed E-state index contributed by atoms with van der Waals surface area (Å²) in [6.07, 6.45) is 0. The molecule has 0 saturated heterocycles. The Morgan fingerprint density at radius 3 is 2.47 bits per heavy atom. The van der Waals surface area contributed by atoms with Crippen LogP contribution in [-0.2, 0) is 6.54 Å². The van der Waals surface area contributed by atoms with Crippen LogP contribution in [0, 0.1) is 5.92 Å². The van der Waals surface area contributed by atoms with Crippen LogP contribution < -0.4 is 5.32 Å². The van der Waals surface area contributed by atoms with E-state index in [4.69, 9.17) is 0 Å². The SMILES string of the molecule is CC(C)NCC(C(C)C)N(C)Cc1cccs1. The number of rotatable bonds is 7. The Morgan fingerprint density at radius 1 is 1.29 bits per heavy atom. The number of thiophene rings is 1. The minimum absolute atomic E-state index is 0.561. The molecule has 1 N–H and O–H groups in total. The van der Waals surface area contributed by atoms with Gasteiger partial charge >= 0.3 is 0 Å². The van der Waals surface area contributed by atoms with Crippen molar-refractivity contribution in [2.24, 2.45) is 5.92 Å². The van der Waals surface area contributed by atoms with Crippen molar-refractivity contribution in [3.63, 3.8) is 0 Å². The summed E-state index contributed by atoms with van der Waals surface area (Å²) in [4.78, 5) is 3.91. The molecule has 0 bridgehead atoms. The molecule has 0 aliphatic carbocycles. The van der Waals surface area contributed by atoms with Gasteiger partial charge in [-0.1, -0.05) is 33.8 Å². The molecule has 1 atom stereocenters. The van der Waals surface area contributed by atoms with Gasteiger partial charge in [0.1, 0.15) is 0 Å². The van der Waals surface area contributed by atoms with E-state index < -0.39 is 0 Å². The molecular formula is C14H26N2S. The summed E-state index contributed by atoms with van der Waals surface area (Å²) in [7, 11) is 2.23. The maximum Gasteiger partial charge on any atom is 0.0328 e. The lowest BCUT2D eigenvalue weighted by Gasteiger charge is -2.32. The van der Waals surface area contributed by atoms with Gasteiger partial charge in [0.15, 0.2) is 0 Å². The first kappa shape index (κ1) is 14.7. The van der Waals surface area contributed by atoms with Gasteiger partial charge in [0, 0.05) is 30.1 Å². The minimum atomic E-state index is 0.561. The molecule has 1 heterocycles. The monoisotopic (exact) mass is 254 g/mol. The standard InChI is InChI=1S/C14H26N2S/c1-11(2)14(9-15-12(3)4)16(5)10-13-7-6-8-17-13/h6-8,11-12,14-15H,9-10H2,1-5H3. The molecule has 0 spiro atoms. The quantitative estimate of drug-likeness (QED) is 0.804. The Bertz CT molecular complexity index is 293. The number of hydrogen-bond donors (Lipinski definition) is 1. The second-order valence-corrected chi connectivity index (χ2v) is 6.40. The van der Waals surface area contributed by atoms with Gasteiger partial charge in [0.25, 0.3) is 0 Å². The van der Waals surface area contributed by atoms with Crippen LogP contribution >= 0.6 is 11.3 Å². The predicted octanol–water partition coefficient (Wildman–Crippen LogP) is 3.20. The predicted molar refractivity (Wildman–Crippen MR) is 77.6 cm³/mol. The minimum Gasteiger partial charge on any atom is -0.313 e. The van der Waals surface area contributed by atoms with E-state index in [1.807, 2.05) is 11.3 Å². The first-order valence-electron chi connectivity index (χ1n) is 6.46. The third kappa shape index (κ3) is 5.19. The highest BCUT2D eigenvalue weighted by Crippen LogP contribution is 2.16. The van der Waals surface area contributed by atoms with E-state index in [0.29, 0.717) is 18.0 Å². The second-order valence-electron chi connectivity index (χ2n) is 5.37. The molecule has 0 aliphatic heterocycles. The van der Waals surface area contributed by atoms with Crippen molar-refractivity contribution < 1.29 is 0 Å². The lowest BCUT2D eigenvalue weighted by Crippen LogP contribution is -2.44. The molecular weight excluding hydrogens is 228 g/mol. The van der Waals surface area contributed by atoms with E-state index >= 15 is 0 Å². The molecule has 1 aromatic heterocycles.